The minimum absolute atomic E-state index is 0.475. The predicted molar refractivity (Wildman–Crippen MR) is 79.5 cm³/mol. The summed E-state index contributed by atoms with van der Waals surface area (Å²) in [6, 6.07) is 1.67. The third-order valence-corrected chi connectivity index (χ3v) is 3.09. The standard InChI is InChI=1S/C12H15Cl2N5O/c1-2-4-15-11-8(13)6-9(14)12(19-11)16-5-3-10-17-7-18-20-10/h6-7H,2-5H2,1H3,(H2,15,16,19). The summed E-state index contributed by atoms with van der Waals surface area (Å²) in [6.07, 6.45) is 2.95. The van der Waals surface area contributed by atoms with Gasteiger partial charge in [0.1, 0.15) is 11.6 Å². The number of rotatable bonds is 7. The van der Waals surface area contributed by atoms with E-state index in [4.69, 9.17) is 27.7 Å². The van der Waals surface area contributed by atoms with Crippen LogP contribution in [0.1, 0.15) is 19.2 Å². The first-order valence-corrected chi connectivity index (χ1v) is 7.05. The molecule has 0 saturated heterocycles. The van der Waals surface area contributed by atoms with Crippen LogP contribution < -0.4 is 10.6 Å². The van der Waals surface area contributed by atoms with Crippen LogP contribution in [0.2, 0.25) is 10.0 Å². The van der Waals surface area contributed by atoms with Gasteiger partial charge in [-0.15, -0.1) is 0 Å². The van der Waals surface area contributed by atoms with Crippen LogP contribution in [0.15, 0.2) is 16.9 Å². The molecule has 0 unspecified atom stereocenters. The summed E-state index contributed by atoms with van der Waals surface area (Å²) in [4.78, 5) is 8.31. The molecule has 2 heterocycles. The summed E-state index contributed by atoms with van der Waals surface area (Å²) in [7, 11) is 0. The SMILES string of the molecule is CCCNc1nc(NCCc2ncno2)c(Cl)cc1Cl. The summed E-state index contributed by atoms with van der Waals surface area (Å²) >= 11 is 12.2. The Morgan fingerprint density at radius 1 is 1.15 bits per heavy atom. The molecular weight excluding hydrogens is 301 g/mol. The topological polar surface area (TPSA) is 75.9 Å². The lowest BCUT2D eigenvalue weighted by Crippen LogP contribution is -2.09. The quantitative estimate of drug-likeness (QED) is 0.816. The highest BCUT2D eigenvalue weighted by atomic mass is 35.5. The van der Waals surface area contributed by atoms with E-state index in [1.807, 2.05) is 0 Å². The Bertz CT molecular complexity index is 547. The molecule has 0 spiro atoms. The minimum atomic E-state index is 0.475. The monoisotopic (exact) mass is 315 g/mol. The highest BCUT2D eigenvalue weighted by Gasteiger charge is 2.09. The molecule has 2 N–H and O–H groups in total. The number of anilines is 2. The van der Waals surface area contributed by atoms with Gasteiger partial charge in [0.15, 0.2) is 6.33 Å². The van der Waals surface area contributed by atoms with E-state index in [1.165, 1.54) is 6.33 Å². The molecule has 0 aromatic carbocycles. The third-order valence-electron chi connectivity index (χ3n) is 2.51. The molecule has 2 aromatic rings. The Kier molecular flexibility index (Phi) is 5.43. The summed E-state index contributed by atoms with van der Waals surface area (Å²) < 4.78 is 4.91. The van der Waals surface area contributed by atoms with Crippen molar-refractivity contribution in [2.45, 2.75) is 19.8 Å². The number of nitrogens with one attached hydrogen (secondary N) is 2. The Labute approximate surface area is 126 Å². The first-order chi connectivity index (χ1) is 9.70. The molecule has 20 heavy (non-hydrogen) atoms. The molecule has 0 aliphatic heterocycles. The molecular formula is C12H15Cl2N5O. The number of pyridine rings is 1. The van der Waals surface area contributed by atoms with E-state index in [-0.39, 0.29) is 0 Å². The van der Waals surface area contributed by atoms with Crippen LogP contribution in [0.5, 0.6) is 0 Å². The second-order valence-electron chi connectivity index (χ2n) is 4.09. The van der Waals surface area contributed by atoms with E-state index < -0.39 is 0 Å². The fourth-order valence-electron chi connectivity index (χ4n) is 1.55. The van der Waals surface area contributed by atoms with E-state index >= 15 is 0 Å². The zero-order chi connectivity index (χ0) is 14.4. The van der Waals surface area contributed by atoms with Crippen molar-refractivity contribution in [3.05, 3.63) is 28.3 Å². The lowest BCUT2D eigenvalue weighted by Gasteiger charge is -2.11. The molecule has 6 nitrogen and oxygen atoms in total. The zero-order valence-corrected chi connectivity index (χ0v) is 12.5. The summed E-state index contributed by atoms with van der Waals surface area (Å²) in [5, 5.41) is 10.8. The van der Waals surface area contributed by atoms with E-state index in [9.17, 15) is 0 Å². The van der Waals surface area contributed by atoms with Crippen LogP contribution in [0.3, 0.4) is 0 Å². The third kappa shape index (κ3) is 3.98. The number of nitrogens with zero attached hydrogens (tertiary/aromatic N) is 3. The molecule has 108 valence electrons. The van der Waals surface area contributed by atoms with Gasteiger partial charge in [0.05, 0.1) is 10.0 Å². The minimum Gasteiger partial charge on any atom is -0.369 e. The number of aromatic nitrogens is 3. The lowest BCUT2D eigenvalue weighted by molar-refractivity contribution is 0.379. The second kappa shape index (κ2) is 7.31. The van der Waals surface area contributed by atoms with Gasteiger partial charge in [-0.25, -0.2) is 4.98 Å². The maximum atomic E-state index is 6.11. The Balaban J connectivity index is 1.99. The predicted octanol–water partition coefficient (Wildman–Crippen LogP) is 3.25. The van der Waals surface area contributed by atoms with Crippen LogP contribution in [0.4, 0.5) is 11.6 Å². The Morgan fingerprint density at radius 2 is 1.85 bits per heavy atom. The first-order valence-electron chi connectivity index (χ1n) is 6.30. The molecule has 0 fully saturated rings. The van der Waals surface area contributed by atoms with Gasteiger partial charge in [0.25, 0.3) is 0 Å². The smallest absolute Gasteiger partial charge is 0.228 e. The van der Waals surface area contributed by atoms with Gasteiger partial charge in [-0.3, -0.25) is 0 Å². The van der Waals surface area contributed by atoms with Gasteiger partial charge in [0, 0.05) is 19.5 Å². The van der Waals surface area contributed by atoms with Crippen LogP contribution >= 0.6 is 23.2 Å². The summed E-state index contributed by atoms with van der Waals surface area (Å²) in [5.41, 5.74) is 0. The van der Waals surface area contributed by atoms with Gasteiger partial charge in [0.2, 0.25) is 5.89 Å². The number of hydrogen-bond acceptors (Lipinski definition) is 6. The van der Waals surface area contributed by atoms with Crippen LogP contribution in [0, 0.1) is 0 Å². The van der Waals surface area contributed by atoms with Crippen LogP contribution in [0.25, 0.3) is 0 Å². The summed E-state index contributed by atoms with van der Waals surface area (Å²) in [6.45, 7) is 3.46. The van der Waals surface area contributed by atoms with Gasteiger partial charge in [-0.05, 0) is 12.5 Å². The summed E-state index contributed by atoms with van der Waals surface area (Å²) in [5.74, 6) is 1.76. The van der Waals surface area contributed by atoms with Crippen molar-refractivity contribution in [3.8, 4) is 0 Å². The fraction of sp³-hybridized carbons (Fsp3) is 0.417. The van der Waals surface area contributed by atoms with E-state index in [1.54, 1.807) is 6.07 Å². The highest BCUT2D eigenvalue weighted by Crippen LogP contribution is 2.29. The Hall–Kier alpha value is -1.53. The molecule has 0 atom stereocenters. The van der Waals surface area contributed by atoms with Gasteiger partial charge in [-0.1, -0.05) is 35.3 Å². The van der Waals surface area contributed by atoms with Crippen molar-refractivity contribution < 1.29 is 4.52 Å². The molecule has 2 rings (SSSR count). The van der Waals surface area contributed by atoms with Crippen LogP contribution in [-0.4, -0.2) is 28.2 Å². The van der Waals surface area contributed by atoms with E-state index in [2.05, 4.69) is 32.7 Å². The molecule has 0 aliphatic carbocycles. The molecule has 0 aliphatic rings. The maximum absolute atomic E-state index is 6.11. The van der Waals surface area contributed by atoms with Crippen molar-refractivity contribution in [1.29, 1.82) is 0 Å². The van der Waals surface area contributed by atoms with Crippen molar-refractivity contribution in [3.63, 3.8) is 0 Å². The molecule has 0 saturated carbocycles. The molecule has 2 aromatic heterocycles. The average Bonchev–Trinajstić information content (AvgIpc) is 2.93. The molecule has 0 radical (unpaired) electrons. The van der Waals surface area contributed by atoms with Crippen molar-refractivity contribution in [2.24, 2.45) is 0 Å². The lowest BCUT2D eigenvalue weighted by atomic mass is 10.3. The molecule has 0 amide bonds. The largest absolute Gasteiger partial charge is 0.369 e. The molecule has 8 heteroatoms. The number of halogens is 2. The van der Waals surface area contributed by atoms with Gasteiger partial charge in [-0.2, -0.15) is 4.98 Å². The zero-order valence-electron chi connectivity index (χ0n) is 11.0. The fourth-order valence-corrected chi connectivity index (χ4v) is 2.04. The van der Waals surface area contributed by atoms with Gasteiger partial charge >= 0.3 is 0 Å². The first kappa shape index (κ1) is 14.9. The number of hydrogen-bond donors (Lipinski definition) is 2. The second-order valence-corrected chi connectivity index (χ2v) is 4.90. The van der Waals surface area contributed by atoms with Crippen LogP contribution in [-0.2, 0) is 6.42 Å². The van der Waals surface area contributed by atoms with E-state index in [0.29, 0.717) is 40.5 Å². The van der Waals surface area contributed by atoms with Crippen molar-refractivity contribution in [1.82, 2.24) is 15.1 Å². The Morgan fingerprint density at radius 3 is 2.45 bits per heavy atom. The van der Waals surface area contributed by atoms with Crippen molar-refractivity contribution in [2.75, 3.05) is 23.7 Å². The molecule has 0 bridgehead atoms. The van der Waals surface area contributed by atoms with Gasteiger partial charge < -0.3 is 15.2 Å². The van der Waals surface area contributed by atoms with Crippen molar-refractivity contribution >= 4 is 34.8 Å². The average molecular weight is 316 g/mol. The highest BCUT2D eigenvalue weighted by molar-refractivity contribution is 6.37. The van der Waals surface area contributed by atoms with E-state index in [0.717, 1.165) is 13.0 Å². The normalized spacial score (nSPS) is 10.6. The maximum Gasteiger partial charge on any atom is 0.228 e.